The molecular weight excluding hydrogens is 366 g/mol. The predicted octanol–water partition coefficient (Wildman–Crippen LogP) is 3.03. The monoisotopic (exact) mass is 397 g/mol. The molecule has 1 heterocycles. The SMILES string of the molecule is CN(C(=O)CNC(=O)C1c2ccccc2C(=O)N1C1CC1)C1CCCCCCC1. The molecular formula is C23H31N3O3. The van der Waals surface area contributed by atoms with E-state index in [0.717, 1.165) is 44.1 Å². The number of carbonyl (C=O) groups excluding carboxylic acids is 3. The van der Waals surface area contributed by atoms with Crippen LogP contribution in [0.2, 0.25) is 0 Å². The summed E-state index contributed by atoms with van der Waals surface area (Å²) in [4.78, 5) is 42.1. The maximum absolute atomic E-state index is 13.0. The van der Waals surface area contributed by atoms with Crippen molar-refractivity contribution in [3.63, 3.8) is 0 Å². The van der Waals surface area contributed by atoms with Crippen molar-refractivity contribution < 1.29 is 14.4 Å². The molecule has 6 heteroatoms. The van der Waals surface area contributed by atoms with Crippen molar-refractivity contribution in [3.8, 4) is 0 Å². The number of rotatable bonds is 5. The summed E-state index contributed by atoms with van der Waals surface area (Å²) in [5.74, 6) is -0.379. The zero-order chi connectivity index (χ0) is 20.4. The molecule has 1 aliphatic heterocycles. The largest absolute Gasteiger partial charge is 0.345 e. The molecule has 1 atom stereocenters. The minimum atomic E-state index is -0.620. The van der Waals surface area contributed by atoms with Gasteiger partial charge in [0, 0.05) is 24.7 Å². The molecule has 0 aromatic heterocycles. The van der Waals surface area contributed by atoms with E-state index >= 15 is 0 Å². The second-order valence-electron chi connectivity index (χ2n) is 8.65. The van der Waals surface area contributed by atoms with Crippen molar-refractivity contribution in [3.05, 3.63) is 35.4 Å². The van der Waals surface area contributed by atoms with Gasteiger partial charge in [0.1, 0.15) is 6.04 Å². The van der Waals surface area contributed by atoms with Crippen LogP contribution in [-0.2, 0) is 9.59 Å². The van der Waals surface area contributed by atoms with Crippen LogP contribution in [0, 0.1) is 0 Å². The molecule has 6 nitrogen and oxygen atoms in total. The summed E-state index contributed by atoms with van der Waals surface area (Å²) >= 11 is 0. The van der Waals surface area contributed by atoms with E-state index in [-0.39, 0.29) is 36.3 Å². The molecule has 3 aliphatic rings. The van der Waals surface area contributed by atoms with E-state index in [1.165, 1.54) is 19.3 Å². The molecule has 3 amide bonds. The molecule has 0 radical (unpaired) electrons. The minimum Gasteiger partial charge on any atom is -0.345 e. The molecule has 2 fully saturated rings. The Morgan fingerprint density at radius 1 is 1.03 bits per heavy atom. The summed E-state index contributed by atoms with van der Waals surface area (Å²) in [5.41, 5.74) is 1.36. The number of likely N-dealkylation sites (N-methyl/N-ethyl adjacent to an activating group) is 1. The highest BCUT2D eigenvalue weighted by Crippen LogP contribution is 2.41. The van der Waals surface area contributed by atoms with Gasteiger partial charge >= 0.3 is 0 Å². The van der Waals surface area contributed by atoms with Crippen molar-refractivity contribution in [1.29, 1.82) is 0 Å². The third-order valence-electron chi connectivity index (χ3n) is 6.62. The summed E-state index contributed by atoms with van der Waals surface area (Å²) in [6, 6.07) is 7.10. The van der Waals surface area contributed by atoms with Crippen molar-refractivity contribution in [2.75, 3.05) is 13.6 Å². The molecule has 2 aliphatic carbocycles. The third-order valence-corrected chi connectivity index (χ3v) is 6.62. The first-order valence-corrected chi connectivity index (χ1v) is 11.0. The third kappa shape index (κ3) is 4.16. The lowest BCUT2D eigenvalue weighted by atomic mass is 9.96. The van der Waals surface area contributed by atoms with Crippen LogP contribution in [-0.4, -0.2) is 53.2 Å². The van der Waals surface area contributed by atoms with Crippen molar-refractivity contribution >= 4 is 17.7 Å². The lowest BCUT2D eigenvalue weighted by Crippen LogP contribution is -2.46. The number of benzene rings is 1. The summed E-state index contributed by atoms with van der Waals surface area (Å²) < 4.78 is 0. The fraction of sp³-hybridized carbons (Fsp3) is 0.609. The Kier molecular flexibility index (Phi) is 5.88. The Morgan fingerprint density at radius 3 is 2.38 bits per heavy atom. The van der Waals surface area contributed by atoms with Crippen molar-refractivity contribution in [1.82, 2.24) is 15.1 Å². The van der Waals surface area contributed by atoms with E-state index in [2.05, 4.69) is 5.32 Å². The highest BCUT2D eigenvalue weighted by Gasteiger charge is 2.47. The number of hydrogen-bond acceptors (Lipinski definition) is 3. The Hall–Kier alpha value is -2.37. The Labute approximate surface area is 172 Å². The first kappa shape index (κ1) is 19.9. The van der Waals surface area contributed by atoms with Crippen molar-refractivity contribution in [2.24, 2.45) is 0 Å². The van der Waals surface area contributed by atoms with Crippen molar-refractivity contribution in [2.45, 2.75) is 75.9 Å². The van der Waals surface area contributed by atoms with Crippen LogP contribution < -0.4 is 5.32 Å². The Bertz CT molecular complexity index is 781. The molecule has 1 unspecified atom stereocenters. The van der Waals surface area contributed by atoms with Crippen LogP contribution in [0.3, 0.4) is 0 Å². The van der Waals surface area contributed by atoms with E-state index in [1.807, 2.05) is 30.1 Å². The highest BCUT2D eigenvalue weighted by molar-refractivity contribution is 6.05. The van der Waals surface area contributed by atoms with E-state index in [4.69, 9.17) is 0 Å². The molecule has 1 N–H and O–H groups in total. The van der Waals surface area contributed by atoms with Crippen LogP contribution in [0.5, 0.6) is 0 Å². The zero-order valence-corrected chi connectivity index (χ0v) is 17.2. The van der Waals surface area contributed by atoms with Crippen LogP contribution in [0.15, 0.2) is 24.3 Å². The molecule has 0 bridgehead atoms. The van der Waals surface area contributed by atoms with E-state index in [0.29, 0.717) is 5.56 Å². The van der Waals surface area contributed by atoms with Crippen LogP contribution in [0.25, 0.3) is 0 Å². The number of hydrogen-bond donors (Lipinski definition) is 1. The number of fused-ring (bicyclic) bond motifs is 1. The molecule has 0 spiro atoms. The second kappa shape index (κ2) is 8.56. The van der Waals surface area contributed by atoms with Crippen LogP contribution >= 0.6 is 0 Å². The van der Waals surface area contributed by atoms with Gasteiger partial charge < -0.3 is 15.1 Å². The van der Waals surface area contributed by atoms with Gasteiger partial charge in [0.05, 0.1) is 6.54 Å². The molecule has 0 saturated heterocycles. The second-order valence-corrected chi connectivity index (χ2v) is 8.65. The van der Waals surface area contributed by atoms with Gasteiger partial charge in [0.15, 0.2) is 0 Å². The lowest BCUT2D eigenvalue weighted by molar-refractivity contribution is -0.135. The normalized spacial score (nSPS) is 22.6. The number of carbonyl (C=O) groups is 3. The fourth-order valence-corrected chi connectivity index (χ4v) is 4.74. The van der Waals surface area contributed by atoms with Crippen LogP contribution in [0.4, 0.5) is 0 Å². The highest BCUT2D eigenvalue weighted by atomic mass is 16.2. The Morgan fingerprint density at radius 2 is 1.69 bits per heavy atom. The molecule has 1 aromatic rings. The average molecular weight is 398 g/mol. The quantitative estimate of drug-likeness (QED) is 0.830. The maximum atomic E-state index is 13.0. The molecule has 2 saturated carbocycles. The van der Waals surface area contributed by atoms with Gasteiger partial charge in [-0.3, -0.25) is 14.4 Å². The van der Waals surface area contributed by atoms with Gasteiger partial charge in [-0.15, -0.1) is 0 Å². The number of nitrogens with one attached hydrogen (secondary N) is 1. The van der Waals surface area contributed by atoms with Gasteiger partial charge in [-0.25, -0.2) is 0 Å². The topological polar surface area (TPSA) is 69.7 Å². The average Bonchev–Trinajstić information content (AvgIpc) is 3.49. The molecule has 156 valence electrons. The fourth-order valence-electron chi connectivity index (χ4n) is 4.74. The minimum absolute atomic E-state index is 0.0167. The predicted molar refractivity (Wildman–Crippen MR) is 110 cm³/mol. The summed E-state index contributed by atoms with van der Waals surface area (Å²) in [6.45, 7) is -0.0167. The smallest absolute Gasteiger partial charge is 0.255 e. The number of nitrogens with zero attached hydrogens (tertiary/aromatic N) is 2. The van der Waals surface area contributed by atoms with Gasteiger partial charge in [-0.1, -0.05) is 50.3 Å². The van der Waals surface area contributed by atoms with E-state index < -0.39 is 6.04 Å². The van der Waals surface area contributed by atoms with E-state index in [1.54, 1.807) is 11.0 Å². The zero-order valence-electron chi connectivity index (χ0n) is 17.2. The summed E-state index contributed by atoms with van der Waals surface area (Å²) in [5, 5.41) is 2.82. The van der Waals surface area contributed by atoms with Gasteiger partial charge in [-0.05, 0) is 37.3 Å². The first-order valence-electron chi connectivity index (χ1n) is 11.0. The molecule has 4 rings (SSSR count). The molecule has 1 aromatic carbocycles. The Balaban J connectivity index is 1.39. The van der Waals surface area contributed by atoms with Crippen LogP contribution in [0.1, 0.15) is 79.8 Å². The standard InChI is InChI=1S/C23H31N3O3/c1-25(16-9-5-3-2-4-6-10-16)20(27)15-24-22(28)21-18-11-7-8-12-19(18)23(29)26(21)17-13-14-17/h7-8,11-12,16-17,21H,2-6,9-10,13-15H2,1H3,(H,24,28). The molecule has 29 heavy (non-hydrogen) atoms. The number of amides is 3. The van der Waals surface area contributed by atoms with Gasteiger partial charge in [-0.2, -0.15) is 0 Å². The summed E-state index contributed by atoms with van der Waals surface area (Å²) in [6.07, 6.45) is 10.0. The first-order chi connectivity index (χ1) is 14.1. The summed E-state index contributed by atoms with van der Waals surface area (Å²) in [7, 11) is 1.85. The van der Waals surface area contributed by atoms with E-state index in [9.17, 15) is 14.4 Å². The lowest BCUT2D eigenvalue weighted by Gasteiger charge is -2.30. The van der Waals surface area contributed by atoms with Gasteiger partial charge in [0.2, 0.25) is 11.8 Å². The van der Waals surface area contributed by atoms with Gasteiger partial charge in [0.25, 0.3) is 5.91 Å². The maximum Gasteiger partial charge on any atom is 0.255 e.